The van der Waals surface area contributed by atoms with Gasteiger partial charge < -0.3 is 21.5 Å². The molecule has 19 heavy (non-hydrogen) atoms. The van der Waals surface area contributed by atoms with Crippen LogP contribution >= 0.6 is 0 Å². The third-order valence-corrected chi connectivity index (χ3v) is 3.24. The first-order chi connectivity index (χ1) is 8.99. The summed E-state index contributed by atoms with van der Waals surface area (Å²) in [5.41, 5.74) is 9.10. The third kappa shape index (κ3) is 3.17. The van der Waals surface area contributed by atoms with Crippen molar-refractivity contribution >= 4 is 23.0 Å². The van der Waals surface area contributed by atoms with E-state index in [2.05, 4.69) is 24.5 Å². The van der Waals surface area contributed by atoms with Gasteiger partial charge in [0.1, 0.15) is 0 Å². The van der Waals surface area contributed by atoms with Gasteiger partial charge in [-0.05, 0) is 30.0 Å². The number of aliphatic hydroxyl groups excluding tert-OH is 1. The van der Waals surface area contributed by atoms with Gasteiger partial charge in [-0.1, -0.05) is 13.8 Å². The summed E-state index contributed by atoms with van der Waals surface area (Å²) in [6, 6.07) is 3.63. The molecular formula is C14H21N3O2. The number of nitrogens with two attached hydrogens (primary N) is 1. The fourth-order valence-corrected chi connectivity index (χ4v) is 2.39. The van der Waals surface area contributed by atoms with Crippen LogP contribution in [0.1, 0.15) is 25.8 Å². The Morgan fingerprint density at radius 3 is 2.84 bits per heavy atom. The molecular weight excluding hydrogens is 242 g/mol. The van der Waals surface area contributed by atoms with E-state index in [1.807, 2.05) is 12.1 Å². The van der Waals surface area contributed by atoms with E-state index in [0.29, 0.717) is 18.0 Å². The Morgan fingerprint density at radius 1 is 1.47 bits per heavy atom. The molecule has 0 bridgehead atoms. The number of aliphatic hydroxyl groups is 1. The lowest BCUT2D eigenvalue weighted by molar-refractivity contribution is -0.115. The average Bonchev–Trinajstić information content (AvgIpc) is 2.67. The predicted molar refractivity (Wildman–Crippen MR) is 77.1 cm³/mol. The van der Waals surface area contributed by atoms with Crippen molar-refractivity contribution in [1.29, 1.82) is 0 Å². The van der Waals surface area contributed by atoms with E-state index < -0.39 is 0 Å². The van der Waals surface area contributed by atoms with Crippen molar-refractivity contribution in [3.8, 4) is 0 Å². The normalized spacial score (nSPS) is 15.3. The first-order valence-electron chi connectivity index (χ1n) is 6.59. The highest BCUT2D eigenvalue weighted by atomic mass is 16.3. The van der Waals surface area contributed by atoms with Crippen molar-refractivity contribution in [3.63, 3.8) is 0 Å². The summed E-state index contributed by atoms with van der Waals surface area (Å²) in [4.78, 5) is 11.3. The Kier molecular flexibility index (Phi) is 3.95. The van der Waals surface area contributed by atoms with Crippen molar-refractivity contribution in [1.82, 2.24) is 0 Å². The molecule has 1 aliphatic rings. The maximum atomic E-state index is 11.3. The highest BCUT2D eigenvalue weighted by Crippen LogP contribution is 2.32. The van der Waals surface area contributed by atoms with Crippen molar-refractivity contribution in [2.45, 2.75) is 32.7 Å². The summed E-state index contributed by atoms with van der Waals surface area (Å²) in [7, 11) is 0. The summed E-state index contributed by atoms with van der Waals surface area (Å²) in [6.07, 6.45) is 1.24. The fraction of sp³-hybridized carbons (Fsp3) is 0.500. The van der Waals surface area contributed by atoms with Crippen molar-refractivity contribution in [2.24, 2.45) is 5.92 Å². The minimum Gasteiger partial charge on any atom is -0.397 e. The number of rotatable bonds is 5. The van der Waals surface area contributed by atoms with Crippen molar-refractivity contribution < 1.29 is 9.90 Å². The monoisotopic (exact) mass is 263 g/mol. The number of fused-ring (bicyclic) bond motifs is 1. The minimum atomic E-state index is -0.0301. The van der Waals surface area contributed by atoms with Crippen LogP contribution in [0.25, 0.3) is 0 Å². The van der Waals surface area contributed by atoms with Gasteiger partial charge in [0.05, 0.1) is 24.4 Å². The van der Waals surface area contributed by atoms with E-state index in [9.17, 15) is 9.90 Å². The molecule has 0 fully saturated rings. The molecule has 1 amide bonds. The Hall–Kier alpha value is -1.75. The number of nitrogens with one attached hydrogen (secondary N) is 2. The molecule has 1 aliphatic heterocycles. The van der Waals surface area contributed by atoms with Gasteiger partial charge in [-0.2, -0.15) is 0 Å². The second kappa shape index (κ2) is 5.48. The van der Waals surface area contributed by atoms with Gasteiger partial charge in [0.25, 0.3) is 0 Å². The lowest BCUT2D eigenvalue weighted by Crippen LogP contribution is -2.26. The van der Waals surface area contributed by atoms with E-state index >= 15 is 0 Å². The standard InChI is InChI=1S/C14H21N3O2/c1-8(2)3-10(7-18)16-13-6-12-9(4-11(13)15)5-14(19)17-12/h4,6,8,10,16,18H,3,5,7,15H2,1-2H3,(H,17,19). The number of carbonyl (C=O) groups is 1. The molecule has 104 valence electrons. The van der Waals surface area contributed by atoms with Crippen LogP contribution < -0.4 is 16.4 Å². The molecule has 0 spiro atoms. The Balaban J connectivity index is 2.17. The van der Waals surface area contributed by atoms with Crippen LogP contribution in [0.3, 0.4) is 0 Å². The quantitative estimate of drug-likeness (QED) is 0.607. The molecule has 2 rings (SSSR count). The largest absolute Gasteiger partial charge is 0.397 e. The number of anilines is 3. The zero-order valence-electron chi connectivity index (χ0n) is 11.4. The van der Waals surface area contributed by atoms with Crippen LogP contribution in [0.15, 0.2) is 12.1 Å². The van der Waals surface area contributed by atoms with Gasteiger partial charge in [0, 0.05) is 11.7 Å². The van der Waals surface area contributed by atoms with Gasteiger partial charge in [0.15, 0.2) is 0 Å². The van der Waals surface area contributed by atoms with Crippen LogP contribution in [0.4, 0.5) is 17.1 Å². The number of benzene rings is 1. The average molecular weight is 263 g/mol. The minimum absolute atomic E-state index is 0.00700. The molecule has 0 aromatic heterocycles. The van der Waals surface area contributed by atoms with Crippen LogP contribution in [-0.2, 0) is 11.2 Å². The highest BCUT2D eigenvalue weighted by molar-refractivity contribution is 6.00. The molecule has 0 radical (unpaired) electrons. The van der Waals surface area contributed by atoms with E-state index in [0.717, 1.165) is 23.4 Å². The molecule has 1 unspecified atom stereocenters. The molecule has 0 saturated carbocycles. The molecule has 0 saturated heterocycles. The van der Waals surface area contributed by atoms with Gasteiger partial charge in [-0.25, -0.2) is 0 Å². The van der Waals surface area contributed by atoms with Crippen LogP contribution in [0.5, 0.6) is 0 Å². The fourth-order valence-electron chi connectivity index (χ4n) is 2.39. The maximum Gasteiger partial charge on any atom is 0.228 e. The van der Waals surface area contributed by atoms with Crippen LogP contribution in [0, 0.1) is 5.92 Å². The first kappa shape index (κ1) is 13.7. The number of amides is 1. The van der Waals surface area contributed by atoms with E-state index in [-0.39, 0.29) is 18.6 Å². The number of hydrogen-bond acceptors (Lipinski definition) is 4. The van der Waals surface area contributed by atoms with Gasteiger partial charge in [-0.15, -0.1) is 0 Å². The van der Waals surface area contributed by atoms with E-state index in [4.69, 9.17) is 5.73 Å². The Morgan fingerprint density at radius 2 is 2.21 bits per heavy atom. The van der Waals surface area contributed by atoms with E-state index in [1.165, 1.54) is 0 Å². The lowest BCUT2D eigenvalue weighted by Gasteiger charge is -2.21. The second-order valence-electron chi connectivity index (χ2n) is 5.47. The van der Waals surface area contributed by atoms with Crippen LogP contribution in [-0.4, -0.2) is 23.7 Å². The summed E-state index contributed by atoms with van der Waals surface area (Å²) < 4.78 is 0. The van der Waals surface area contributed by atoms with Gasteiger partial charge >= 0.3 is 0 Å². The lowest BCUT2D eigenvalue weighted by atomic mass is 10.0. The molecule has 5 nitrogen and oxygen atoms in total. The zero-order valence-corrected chi connectivity index (χ0v) is 11.4. The smallest absolute Gasteiger partial charge is 0.228 e. The molecule has 1 aromatic rings. The summed E-state index contributed by atoms with van der Waals surface area (Å²) in [5, 5.41) is 15.4. The summed E-state index contributed by atoms with van der Waals surface area (Å²) in [6.45, 7) is 4.27. The SMILES string of the molecule is CC(C)CC(CO)Nc1cc2c(cc1N)CC(=O)N2. The van der Waals surface area contributed by atoms with Crippen LogP contribution in [0.2, 0.25) is 0 Å². The molecule has 1 atom stereocenters. The zero-order chi connectivity index (χ0) is 14.0. The summed E-state index contributed by atoms with van der Waals surface area (Å²) >= 11 is 0. The number of carbonyl (C=O) groups excluding carboxylic acids is 1. The first-order valence-corrected chi connectivity index (χ1v) is 6.59. The maximum absolute atomic E-state index is 11.3. The molecule has 1 aromatic carbocycles. The third-order valence-electron chi connectivity index (χ3n) is 3.24. The topological polar surface area (TPSA) is 87.4 Å². The number of nitrogen functional groups attached to an aromatic ring is 1. The molecule has 0 aliphatic carbocycles. The predicted octanol–water partition coefficient (Wildman–Crippen LogP) is 1.58. The molecule has 1 heterocycles. The van der Waals surface area contributed by atoms with E-state index in [1.54, 1.807) is 0 Å². The Labute approximate surface area is 113 Å². The summed E-state index contributed by atoms with van der Waals surface area (Å²) in [5.74, 6) is 0.479. The van der Waals surface area contributed by atoms with Crippen molar-refractivity contribution in [2.75, 3.05) is 23.0 Å². The molecule has 5 heteroatoms. The number of hydrogen-bond donors (Lipinski definition) is 4. The Bertz CT molecular complexity index is 486. The van der Waals surface area contributed by atoms with Crippen molar-refractivity contribution in [3.05, 3.63) is 17.7 Å². The second-order valence-corrected chi connectivity index (χ2v) is 5.47. The van der Waals surface area contributed by atoms with Gasteiger partial charge in [0.2, 0.25) is 5.91 Å². The molecule has 5 N–H and O–H groups in total. The van der Waals surface area contributed by atoms with Gasteiger partial charge in [-0.3, -0.25) is 4.79 Å². The highest BCUT2D eigenvalue weighted by Gasteiger charge is 2.20.